The van der Waals surface area contributed by atoms with Gasteiger partial charge in [-0.2, -0.15) is 0 Å². The van der Waals surface area contributed by atoms with Gasteiger partial charge in [-0.3, -0.25) is 9.59 Å². The maximum atomic E-state index is 11.5. The number of rotatable bonds is 6. The number of nitrogens with zero attached hydrogens (tertiary/aromatic N) is 1. The molecule has 0 aliphatic heterocycles. The largest absolute Gasteiger partial charge is 0.352 e. The molecule has 1 aromatic heterocycles. The Morgan fingerprint density at radius 2 is 2.17 bits per heavy atom. The van der Waals surface area contributed by atoms with Gasteiger partial charge in [-0.25, -0.2) is 4.98 Å². The predicted molar refractivity (Wildman–Crippen MR) is 73.9 cm³/mol. The molecular formula is C11H17N3O2S2. The van der Waals surface area contributed by atoms with Crippen LogP contribution in [0, 0.1) is 6.92 Å². The van der Waals surface area contributed by atoms with Crippen LogP contribution in [-0.4, -0.2) is 35.1 Å². The van der Waals surface area contributed by atoms with Gasteiger partial charge in [0.05, 0.1) is 12.3 Å². The minimum Gasteiger partial charge on any atom is -0.352 e. The van der Waals surface area contributed by atoms with Crippen molar-refractivity contribution in [3.05, 3.63) is 11.1 Å². The number of carbonyl (C=O) groups is 2. The Bertz CT molecular complexity index is 418. The Labute approximate surface area is 115 Å². The van der Waals surface area contributed by atoms with Gasteiger partial charge in [0.25, 0.3) is 0 Å². The van der Waals surface area contributed by atoms with Gasteiger partial charge in [-0.15, -0.1) is 11.3 Å². The summed E-state index contributed by atoms with van der Waals surface area (Å²) in [6, 6.07) is 0.0853. The number of hydrogen-bond acceptors (Lipinski definition) is 5. The standard InChI is InChI=1S/C11H17N3O2S2/c1-7(2)13-9(15)4-12-10(16)6-18-11-14-8(3)5-17-11/h5,7H,4,6H2,1-3H3,(H,12,16)(H,13,15). The number of amides is 2. The third-order valence-corrected chi connectivity index (χ3v) is 3.96. The van der Waals surface area contributed by atoms with E-state index in [-0.39, 0.29) is 30.2 Å². The van der Waals surface area contributed by atoms with E-state index in [9.17, 15) is 9.59 Å². The highest BCUT2D eigenvalue weighted by Crippen LogP contribution is 2.21. The fourth-order valence-electron chi connectivity index (χ4n) is 1.13. The Morgan fingerprint density at radius 3 is 2.72 bits per heavy atom. The monoisotopic (exact) mass is 287 g/mol. The maximum Gasteiger partial charge on any atom is 0.239 e. The van der Waals surface area contributed by atoms with Crippen molar-refractivity contribution in [1.29, 1.82) is 0 Å². The van der Waals surface area contributed by atoms with Crippen molar-refractivity contribution in [1.82, 2.24) is 15.6 Å². The second-order valence-electron chi connectivity index (χ2n) is 4.04. The van der Waals surface area contributed by atoms with Gasteiger partial charge in [0.1, 0.15) is 0 Å². The van der Waals surface area contributed by atoms with Crippen LogP contribution >= 0.6 is 23.1 Å². The molecule has 1 aromatic rings. The lowest BCUT2D eigenvalue weighted by atomic mass is 10.4. The lowest BCUT2D eigenvalue weighted by Crippen LogP contribution is -2.40. The van der Waals surface area contributed by atoms with Gasteiger partial charge in [-0.1, -0.05) is 11.8 Å². The van der Waals surface area contributed by atoms with Crippen LogP contribution in [0.2, 0.25) is 0 Å². The van der Waals surface area contributed by atoms with E-state index in [0.29, 0.717) is 0 Å². The minimum absolute atomic E-state index is 0.0223. The van der Waals surface area contributed by atoms with E-state index in [1.54, 1.807) is 0 Å². The Hall–Kier alpha value is -1.08. The summed E-state index contributed by atoms with van der Waals surface area (Å²) in [5.41, 5.74) is 0.958. The molecule has 2 N–H and O–H groups in total. The zero-order valence-corrected chi connectivity index (χ0v) is 12.3. The zero-order chi connectivity index (χ0) is 13.5. The fourth-order valence-corrected chi connectivity index (χ4v) is 2.81. The highest BCUT2D eigenvalue weighted by Gasteiger charge is 2.08. The van der Waals surface area contributed by atoms with Gasteiger partial charge < -0.3 is 10.6 Å². The molecular weight excluding hydrogens is 270 g/mol. The number of nitrogens with one attached hydrogen (secondary N) is 2. The van der Waals surface area contributed by atoms with Crippen molar-refractivity contribution < 1.29 is 9.59 Å². The first-order chi connectivity index (χ1) is 8.47. The number of aromatic nitrogens is 1. The summed E-state index contributed by atoms with van der Waals surface area (Å²) in [6.07, 6.45) is 0. The first-order valence-corrected chi connectivity index (χ1v) is 7.45. The lowest BCUT2D eigenvalue weighted by molar-refractivity contribution is -0.125. The number of carbonyl (C=O) groups excluding carboxylic acids is 2. The van der Waals surface area contributed by atoms with Gasteiger partial charge in [0, 0.05) is 17.1 Å². The second-order valence-corrected chi connectivity index (χ2v) is 6.12. The topological polar surface area (TPSA) is 71.1 Å². The van der Waals surface area contributed by atoms with Crippen LogP contribution < -0.4 is 10.6 Å². The summed E-state index contributed by atoms with van der Waals surface area (Å²) < 4.78 is 0.870. The third-order valence-electron chi connectivity index (χ3n) is 1.82. The van der Waals surface area contributed by atoms with Crippen molar-refractivity contribution in [3.8, 4) is 0 Å². The molecule has 1 heterocycles. The normalized spacial score (nSPS) is 10.4. The number of hydrogen-bond donors (Lipinski definition) is 2. The van der Waals surface area contributed by atoms with Gasteiger partial charge in [-0.05, 0) is 20.8 Å². The molecule has 0 unspecified atom stereocenters. The van der Waals surface area contributed by atoms with Crippen LogP contribution in [0.1, 0.15) is 19.5 Å². The SMILES string of the molecule is Cc1csc(SCC(=O)NCC(=O)NC(C)C)n1. The lowest BCUT2D eigenvalue weighted by Gasteiger charge is -2.08. The molecule has 2 amide bonds. The molecule has 7 heteroatoms. The van der Waals surface area contributed by atoms with E-state index in [2.05, 4.69) is 15.6 Å². The zero-order valence-electron chi connectivity index (χ0n) is 10.6. The number of thioether (sulfide) groups is 1. The molecule has 0 saturated carbocycles. The molecule has 5 nitrogen and oxygen atoms in total. The van der Waals surface area contributed by atoms with Crippen molar-refractivity contribution >= 4 is 34.9 Å². The van der Waals surface area contributed by atoms with E-state index in [1.807, 2.05) is 26.2 Å². The number of thiazole rings is 1. The second kappa shape index (κ2) is 7.38. The molecule has 0 atom stereocenters. The molecule has 0 aromatic carbocycles. The van der Waals surface area contributed by atoms with Gasteiger partial charge in [0.2, 0.25) is 11.8 Å². The van der Waals surface area contributed by atoms with Crippen molar-refractivity contribution in [2.45, 2.75) is 31.2 Å². The average Bonchev–Trinajstić information content (AvgIpc) is 2.69. The average molecular weight is 287 g/mol. The van der Waals surface area contributed by atoms with Crippen LogP contribution in [0.15, 0.2) is 9.72 Å². The van der Waals surface area contributed by atoms with Crippen LogP contribution in [0.5, 0.6) is 0 Å². The van der Waals surface area contributed by atoms with Crippen LogP contribution in [0.25, 0.3) is 0 Å². The quantitative estimate of drug-likeness (QED) is 0.771. The fraction of sp³-hybridized carbons (Fsp3) is 0.545. The molecule has 0 spiro atoms. The van der Waals surface area contributed by atoms with Crippen molar-refractivity contribution in [2.24, 2.45) is 0 Å². The Morgan fingerprint density at radius 1 is 1.44 bits per heavy atom. The molecule has 0 aliphatic carbocycles. The highest BCUT2D eigenvalue weighted by atomic mass is 32.2. The molecule has 100 valence electrons. The highest BCUT2D eigenvalue weighted by molar-refractivity contribution is 8.01. The predicted octanol–water partition coefficient (Wildman–Crippen LogP) is 1.18. The van der Waals surface area contributed by atoms with Crippen molar-refractivity contribution in [3.63, 3.8) is 0 Å². The molecule has 0 fully saturated rings. The van der Waals surface area contributed by atoms with E-state index >= 15 is 0 Å². The van der Waals surface area contributed by atoms with E-state index in [0.717, 1.165) is 10.0 Å². The summed E-state index contributed by atoms with van der Waals surface area (Å²) in [7, 11) is 0. The molecule has 0 bridgehead atoms. The number of aryl methyl sites for hydroxylation is 1. The van der Waals surface area contributed by atoms with E-state index in [4.69, 9.17) is 0 Å². The summed E-state index contributed by atoms with van der Waals surface area (Å²) in [6.45, 7) is 5.69. The maximum absolute atomic E-state index is 11.5. The molecule has 0 radical (unpaired) electrons. The van der Waals surface area contributed by atoms with Crippen LogP contribution in [0.4, 0.5) is 0 Å². The first-order valence-electron chi connectivity index (χ1n) is 5.58. The molecule has 18 heavy (non-hydrogen) atoms. The van der Waals surface area contributed by atoms with E-state index in [1.165, 1.54) is 23.1 Å². The van der Waals surface area contributed by atoms with Crippen molar-refractivity contribution in [2.75, 3.05) is 12.3 Å². The molecule has 0 saturated heterocycles. The van der Waals surface area contributed by atoms with E-state index < -0.39 is 0 Å². The van der Waals surface area contributed by atoms with Crippen LogP contribution in [0.3, 0.4) is 0 Å². The summed E-state index contributed by atoms with van der Waals surface area (Å²) in [5, 5.41) is 7.22. The Balaban J connectivity index is 2.20. The summed E-state index contributed by atoms with van der Waals surface area (Å²) >= 11 is 2.90. The van der Waals surface area contributed by atoms with Gasteiger partial charge in [0.15, 0.2) is 4.34 Å². The first kappa shape index (κ1) is 15.0. The third kappa shape index (κ3) is 6.02. The van der Waals surface area contributed by atoms with Crippen LogP contribution in [-0.2, 0) is 9.59 Å². The Kier molecular flexibility index (Phi) is 6.14. The smallest absolute Gasteiger partial charge is 0.239 e. The van der Waals surface area contributed by atoms with Gasteiger partial charge >= 0.3 is 0 Å². The summed E-state index contributed by atoms with van der Waals surface area (Å²) in [4.78, 5) is 27.0. The summed E-state index contributed by atoms with van der Waals surface area (Å²) in [5.74, 6) is -0.0535. The molecule has 1 rings (SSSR count). The minimum atomic E-state index is -0.173. The molecule has 0 aliphatic rings.